The van der Waals surface area contributed by atoms with E-state index in [9.17, 15) is 9.59 Å². The van der Waals surface area contributed by atoms with Crippen molar-refractivity contribution < 1.29 is 14.7 Å². The van der Waals surface area contributed by atoms with Gasteiger partial charge in [-0.25, -0.2) is 0 Å². The van der Waals surface area contributed by atoms with E-state index in [-0.39, 0.29) is 18.7 Å². The summed E-state index contributed by atoms with van der Waals surface area (Å²) in [5.41, 5.74) is 8.68. The summed E-state index contributed by atoms with van der Waals surface area (Å²) < 4.78 is 0. The summed E-state index contributed by atoms with van der Waals surface area (Å²) >= 11 is 0. The molecule has 1 aromatic rings. The molecule has 1 heterocycles. The molecule has 1 amide bonds. The standard InChI is InChI=1S/C13H16N2O3/c14-11-2-1-9-5-6-15(8-10(9)7-11)12(16)3-4-13(17)18/h1-2,7H,3-6,8,14H2,(H,17,18). The number of nitrogens with two attached hydrogens (primary N) is 1. The van der Waals surface area contributed by atoms with Crippen molar-refractivity contribution in [3.8, 4) is 0 Å². The molecule has 0 fully saturated rings. The van der Waals surface area contributed by atoms with Gasteiger partial charge in [0.2, 0.25) is 5.91 Å². The molecule has 3 N–H and O–H groups in total. The molecule has 0 unspecified atom stereocenters. The maximum Gasteiger partial charge on any atom is 0.303 e. The van der Waals surface area contributed by atoms with Gasteiger partial charge in [-0.2, -0.15) is 0 Å². The Morgan fingerprint density at radius 1 is 1.28 bits per heavy atom. The molecule has 1 aromatic carbocycles. The maximum atomic E-state index is 11.8. The lowest BCUT2D eigenvalue weighted by atomic mass is 9.99. The topological polar surface area (TPSA) is 83.6 Å². The fraction of sp³-hybridized carbons (Fsp3) is 0.385. The SMILES string of the molecule is Nc1ccc2c(c1)CN(C(=O)CCC(=O)O)CC2. The number of amides is 1. The number of carboxylic acid groups (broad SMARTS) is 1. The van der Waals surface area contributed by atoms with Gasteiger partial charge >= 0.3 is 5.97 Å². The van der Waals surface area contributed by atoms with E-state index >= 15 is 0 Å². The highest BCUT2D eigenvalue weighted by molar-refractivity contribution is 5.81. The molecule has 5 heteroatoms. The molecule has 0 saturated carbocycles. The normalized spacial score (nSPS) is 14.1. The van der Waals surface area contributed by atoms with Crippen molar-refractivity contribution in [3.05, 3.63) is 29.3 Å². The second-order valence-corrected chi connectivity index (χ2v) is 4.49. The van der Waals surface area contributed by atoms with E-state index < -0.39 is 5.97 Å². The number of rotatable bonds is 3. The number of anilines is 1. The van der Waals surface area contributed by atoms with Crippen molar-refractivity contribution in [2.75, 3.05) is 12.3 Å². The van der Waals surface area contributed by atoms with E-state index in [1.54, 1.807) is 4.90 Å². The third kappa shape index (κ3) is 2.80. The van der Waals surface area contributed by atoms with Crippen LogP contribution in [0.15, 0.2) is 18.2 Å². The van der Waals surface area contributed by atoms with Crippen LogP contribution < -0.4 is 5.73 Å². The average Bonchev–Trinajstić information content (AvgIpc) is 2.34. The van der Waals surface area contributed by atoms with E-state index in [0.29, 0.717) is 18.8 Å². The van der Waals surface area contributed by atoms with E-state index in [1.165, 1.54) is 5.56 Å². The van der Waals surface area contributed by atoms with Crippen LogP contribution in [-0.2, 0) is 22.6 Å². The summed E-state index contributed by atoms with van der Waals surface area (Å²) in [4.78, 5) is 24.0. The predicted octanol–water partition coefficient (Wildman–Crippen LogP) is 1.02. The third-order valence-corrected chi connectivity index (χ3v) is 3.15. The lowest BCUT2D eigenvalue weighted by molar-refractivity contribution is -0.141. The molecule has 2 rings (SSSR count). The van der Waals surface area contributed by atoms with Crippen molar-refractivity contribution >= 4 is 17.6 Å². The van der Waals surface area contributed by atoms with Crippen LogP contribution in [0, 0.1) is 0 Å². The van der Waals surface area contributed by atoms with Gasteiger partial charge in [0.25, 0.3) is 0 Å². The van der Waals surface area contributed by atoms with Gasteiger partial charge in [0.1, 0.15) is 0 Å². The second-order valence-electron chi connectivity index (χ2n) is 4.49. The molecule has 0 bridgehead atoms. The van der Waals surface area contributed by atoms with Crippen LogP contribution in [0.3, 0.4) is 0 Å². The van der Waals surface area contributed by atoms with Crippen LogP contribution in [0.4, 0.5) is 5.69 Å². The van der Waals surface area contributed by atoms with Gasteiger partial charge in [-0.15, -0.1) is 0 Å². The zero-order valence-electron chi connectivity index (χ0n) is 10.1. The Bertz CT molecular complexity index is 485. The quantitative estimate of drug-likeness (QED) is 0.782. The summed E-state index contributed by atoms with van der Waals surface area (Å²) in [7, 11) is 0. The first kappa shape index (κ1) is 12.4. The van der Waals surface area contributed by atoms with Gasteiger partial charge in [-0.1, -0.05) is 6.07 Å². The van der Waals surface area contributed by atoms with Gasteiger partial charge in [0, 0.05) is 25.2 Å². The van der Waals surface area contributed by atoms with Crippen molar-refractivity contribution in [3.63, 3.8) is 0 Å². The first-order chi connectivity index (χ1) is 8.56. The van der Waals surface area contributed by atoms with E-state index in [4.69, 9.17) is 10.8 Å². The maximum absolute atomic E-state index is 11.8. The van der Waals surface area contributed by atoms with Crippen LogP contribution in [0.2, 0.25) is 0 Å². The molecule has 1 aliphatic heterocycles. The molecule has 0 radical (unpaired) electrons. The minimum Gasteiger partial charge on any atom is -0.481 e. The number of aliphatic carboxylic acids is 1. The van der Waals surface area contributed by atoms with E-state index in [1.807, 2.05) is 18.2 Å². The first-order valence-corrected chi connectivity index (χ1v) is 5.93. The van der Waals surface area contributed by atoms with Gasteiger partial charge in [-0.05, 0) is 29.7 Å². The van der Waals surface area contributed by atoms with Crippen molar-refractivity contribution in [1.29, 1.82) is 0 Å². The number of nitrogens with zero attached hydrogens (tertiary/aromatic N) is 1. The highest BCUT2D eigenvalue weighted by atomic mass is 16.4. The molecule has 5 nitrogen and oxygen atoms in total. The zero-order valence-corrected chi connectivity index (χ0v) is 10.1. The predicted molar refractivity (Wildman–Crippen MR) is 66.8 cm³/mol. The minimum absolute atomic E-state index is 0.0625. The van der Waals surface area contributed by atoms with Crippen LogP contribution in [0.25, 0.3) is 0 Å². The molecule has 0 aliphatic carbocycles. The van der Waals surface area contributed by atoms with Crippen molar-refractivity contribution in [2.24, 2.45) is 0 Å². The Labute approximate surface area is 105 Å². The molecular formula is C13H16N2O3. The molecule has 0 atom stereocenters. The van der Waals surface area contributed by atoms with Crippen LogP contribution in [-0.4, -0.2) is 28.4 Å². The molecule has 0 saturated heterocycles. The van der Waals surface area contributed by atoms with Crippen LogP contribution in [0.1, 0.15) is 24.0 Å². The Balaban J connectivity index is 2.02. The fourth-order valence-corrected chi connectivity index (χ4v) is 2.16. The summed E-state index contributed by atoms with van der Waals surface area (Å²) in [6, 6.07) is 5.73. The summed E-state index contributed by atoms with van der Waals surface area (Å²) in [6.45, 7) is 1.17. The van der Waals surface area contributed by atoms with Gasteiger partial charge in [0.15, 0.2) is 0 Å². The lowest BCUT2D eigenvalue weighted by Gasteiger charge is -2.29. The Morgan fingerprint density at radius 2 is 2.06 bits per heavy atom. The smallest absolute Gasteiger partial charge is 0.303 e. The van der Waals surface area contributed by atoms with E-state index in [2.05, 4.69) is 0 Å². The second kappa shape index (κ2) is 5.08. The van der Waals surface area contributed by atoms with Gasteiger partial charge in [-0.3, -0.25) is 9.59 Å². The Morgan fingerprint density at radius 3 is 2.78 bits per heavy atom. The van der Waals surface area contributed by atoms with Crippen LogP contribution in [0.5, 0.6) is 0 Å². The largest absolute Gasteiger partial charge is 0.481 e. The Kier molecular flexibility index (Phi) is 3.50. The number of carbonyl (C=O) groups is 2. The molecule has 96 valence electrons. The summed E-state index contributed by atoms with van der Waals surface area (Å²) in [5, 5.41) is 8.57. The minimum atomic E-state index is -0.940. The number of carbonyl (C=O) groups excluding carboxylic acids is 1. The summed E-state index contributed by atoms with van der Waals surface area (Å²) in [5.74, 6) is -1.05. The highest BCUT2D eigenvalue weighted by Gasteiger charge is 2.20. The zero-order chi connectivity index (χ0) is 13.1. The Hall–Kier alpha value is -2.04. The number of benzene rings is 1. The number of hydrogen-bond acceptors (Lipinski definition) is 3. The lowest BCUT2D eigenvalue weighted by Crippen LogP contribution is -2.36. The fourth-order valence-electron chi connectivity index (χ4n) is 2.16. The monoisotopic (exact) mass is 248 g/mol. The first-order valence-electron chi connectivity index (χ1n) is 5.93. The van der Waals surface area contributed by atoms with E-state index in [0.717, 1.165) is 12.0 Å². The molecule has 1 aliphatic rings. The molecule has 18 heavy (non-hydrogen) atoms. The van der Waals surface area contributed by atoms with Crippen molar-refractivity contribution in [1.82, 2.24) is 4.90 Å². The number of hydrogen-bond donors (Lipinski definition) is 2. The molecule has 0 aromatic heterocycles. The highest BCUT2D eigenvalue weighted by Crippen LogP contribution is 2.21. The number of nitrogen functional groups attached to an aromatic ring is 1. The van der Waals surface area contributed by atoms with Gasteiger partial charge < -0.3 is 15.7 Å². The number of fused-ring (bicyclic) bond motifs is 1. The van der Waals surface area contributed by atoms with Crippen molar-refractivity contribution in [2.45, 2.75) is 25.8 Å². The number of carboxylic acids is 1. The average molecular weight is 248 g/mol. The molecular weight excluding hydrogens is 232 g/mol. The third-order valence-electron chi connectivity index (χ3n) is 3.15. The van der Waals surface area contributed by atoms with Gasteiger partial charge in [0.05, 0.1) is 6.42 Å². The van der Waals surface area contributed by atoms with Crippen LogP contribution >= 0.6 is 0 Å². The molecule has 0 spiro atoms. The summed E-state index contributed by atoms with van der Waals surface area (Å²) in [6.07, 6.45) is 0.751.